The number of carbonyl (C=O) groups excluding carboxylic acids is 3. The van der Waals surface area contributed by atoms with E-state index in [1.165, 1.54) is 64.2 Å². The Hall–Kier alpha value is -6.80. The molecule has 0 aliphatic carbocycles. The van der Waals surface area contributed by atoms with Gasteiger partial charge >= 0.3 is 17.9 Å². The van der Waals surface area contributed by atoms with Crippen LogP contribution in [-0.2, 0) is 0 Å². The minimum absolute atomic E-state index is 0.298. The molecule has 0 saturated carbocycles. The van der Waals surface area contributed by atoms with Crippen molar-refractivity contribution in [1.29, 1.82) is 0 Å². The zero-order valence-corrected chi connectivity index (χ0v) is 35.5. The molecule has 318 valence electrons. The van der Waals surface area contributed by atoms with Crippen molar-refractivity contribution in [1.82, 2.24) is 4.98 Å². The fourth-order valence-electron chi connectivity index (χ4n) is 6.83. The van der Waals surface area contributed by atoms with Crippen LogP contribution in [0.25, 0.3) is 23.3 Å². The number of nitrogens with zero attached hydrogens (tertiary/aromatic N) is 1. The second-order valence-corrected chi connectivity index (χ2v) is 15.2. The van der Waals surface area contributed by atoms with Crippen LogP contribution in [0.5, 0.6) is 23.0 Å². The minimum atomic E-state index is -0.556. The Morgan fingerprint density at radius 2 is 0.871 bits per heavy atom. The van der Waals surface area contributed by atoms with Crippen molar-refractivity contribution in [3.63, 3.8) is 0 Å². The number of esters is 3. The van der Waals surface area contributed by atoms with Gasteiger partial charge in [0, 0.05) is 12.4 Å². The highest BCUT2D eigenvalue weighted by Gasteiger charge is 2.14. The summed E-state index contributed by atoms with van der Waals surface area (Å²) in [5.41, 5.74) is 4.77. The number of hydrogen-bond donors (Lipinski definition) is 0. The monoisotopic (exact) mass is 829 g/mol. The van der Waals surface area contributed by atoms with E-state index in [9.17, 15) is 14.4 Å². The van der Waals surface area contributed by atoms with Crippen LogP contribution in [0.4, 0.5) is 0 Å². The van der Waals surface area contributed by atoms with Gasteiger partial charge in [0.1, 0.15) is 23.0 Å². The first-order valence-corrected chi connectivity index (χ1v) is 21.8. The number of carbonyl (C=O) groups is 3. The van der Waals surface area contributed by atoms with Gasteiger partial charge in [-0.2, -0.15) is 0 Å². The molecule has 0 unspecified atom stereocenters. The van der Waals surface area contributed by atoms with Gasteiger partial charge in [-0.1, -0.05) is 126 Å². The molecule has 0 amide bonds. The Bertz CT molecular complexity index is 2320. The zero-order chi connectivity index (χ0) is 43.2. The van der Waals surface area contributed by atoms with Gasteiger partial charge in [0.15, 0.2) is 0 Å². The summed E-state index contributed by atoms with van der Waals surface area (Å²) in [6.07, 6.45) is 23.0. The average molecular weight is 830 g/mol. The second-order valence-electron chi connectivity index (χ2n) is 15.2. The topological polar surface area (TPSA) is 101 Å². The number of rotatable bonds is 23. The van der Waals surface area contributed by atoms with E-state index in [0.29, 0.717) is 40.5 Å². The Kier molecular flexibility index (Phi) is 17.6. The Morgan fingerprint density at radius 3 is 1.40 bits per heavy atom. The molecule has 0 bridgehead atoms. The normalized spacial score (nSPS) is 11.0. The largest absolute Gasteiger partial charge is 0.494 e. The lowest BCUT2D eigenvalue weighted by atomic mass is 10.1. The predicted octanol–water partition coefficient (Wildman–Crippen LogP) is 13.7. The lowest BCUT2D eigenvalue weighted by Crippen LogP contribution is -2.10. The molecule has 0 radical (unpaired) electrons. The van der Waals surface area contributed by atoms with Crippen molar-refractivity contribution in [2.75, 3.05) is 6.61 Å². The summed E-state index contributed by atoms with van der Waals surface area (Å²) in [7, 11) is 0. The van der Waals surface area contributed by atoms with E-state index in [1.54, 1.807) is 103 Å². The highest BCUT2D eigenvalue weighted by Crippen LogP contribution is 2.27. The zero-order valence-electron chi connectivity index (χ0n) is 35.5. The van der Waals surface area contributed by atoms with Gasteiger partial charge in [0.25, 0.3) is 0 Å². The summed E-state index contributed by atoms with van der Waals surface area (Å²) in [4.78, 5) is 42.7. The van der Waals surface area contributed by atoms with Crippen molar-refractivity contribution in [3.8, 4) is 34.1 Å². The molecule has 62 heavy (non-hydrogen) atoms. The molecule has 0 atom stereocenters. The first-order valence-electron chi connectivity index (χ1n) is 21.8. The maximum Gasteiger partial charge on any atom is 0.343 e. The Labute approximate surface area is 365 Å². The molecular weight excluding hydrogens is 775 g/mol. The first kappa shape index (κ1) is 44.7. The van der Waals surface area contributed by atoms with Crippen LogP contribution in [0.2, 0.25) is 0 Å². The molecule has 8 nitrogen and oxygen atoms in total. The molecule has 0 fully saturated rings. The van der Waals surface area contributed by atoms with Crippen LogP contribution >= 0.6 is 0 Å². The van der Waals surface area contributed by atoms with Crippen molar-refractivity contribution in [3.05, 3.63) is 174 Å². The quantitative estimate of drug-likeness (QED) is 0.0357. The number of unbranched alkanes of at least 4 members (excludes halogenated alkanes) is 11. The van der Waals surface area contributed by atoms with Crippen molar-refractivity contribution in [2.45, 2.75) is 84.0 Å². The van der Waals surface area contributed by atoms with Gasteiger partial charge in [0.05, 0.1) is 23.3 Å². The molecule has 8 heteroatoms. The van der Waals surface area contributed by atoms with Crippen LogP contribution in [0.1, 0.15) is 126 Å². The third kappa shape index (κ3) is 14.7. The van der Waals surface area contributed by atoms with Crippen LogP contribution in [-0.4, -0.2) is 29.5 Å². The van der Waals surface area contributed by atoms with Gasteiger partial charge in [0.2, 0.25) is 0 Å². The maximum absolute atomic E-state index is 13.0. The van der Waals surface area contributed by atoms with Crippen molar-refractivity contribution < 1.29 is 33.3 Å². The number of ether oxygens (including phenoxy) is 4. The van der Waals surface area contributed by atoms with Gasteiger partial charge in [-0.15, -0.1) is 0 Å². The first-order chi connectivity index (χ1) is 30.4. The van der Waals surface area contributed by atoms with Gasteiger partial charge < -0.3 is 18.9 Å². The van der Waals surface area contributed by atoms with Crippen LogP contribution in [0.15, 0.2) is 146 Å². The van der Waals surface area contributed by atoms with Gasteiger partial charge in [-0.25, -0.2) is 14.4 Å². The molecule has 6 aromatic rings. The number of pyridine rings is 1. The summed E-state index contributed by atoms with van der Waals surface area (Å²) < 4.78 is 22.7. The molecule has 1 heterocycles. The lowest BCUT2D eigenvalue weighted by Gasteiger charge is -2.09. The standard InChI is InChI=1S/C54H55NO7/c1-2-3-4-5-6-7-8-9-10-11-12-13-39-59-48-29-25-45(26-30-48)53(57)61-50-33-27-46(28-34-50)54(58)62-51-16-14-15-47(40-51)43-23-31-49(32-24-43)60-52(56)44-21-19-41(20-22-44)17-18-42-35-37-55-38-36-42/h14-38,40H,2-13,39H2,1H3/b18-17+. The van der Waals surface area contributed by atoms with E-state index in [1.807, 2.05) is 54.6 Å². The van der Waals surface area contributed by atoms with Crippen LogP contribution in [0, 0.1) is 0 Å². The molecule has 0 aliphatic heterocycles. The Balaban J connectivity index is 0.898. The number of hydrogen-bond acceptors (Lipinski definition) is 8. The molecule has 0 saturated heterocycles. The molecule has 0 N–H and O–H groups in total. The maximum atomic E-state index is 13.0. The van der Waals surface area contributed by atoms with E-state index < -0.39 is 17.9 Å². The number of benzene rings is 5. The van der Waals surface area contributed by atoms with E-state index >= 15 is 0 Å². The minimum Gasteiger partial charge on any atom is -0.494 e. The lowest BCUT2D eigenvalue weighted by molar-refractivity contribution is 0.0723. The van der Waals surface area contributed by atoms with E-state index in [-0.39, 0.29) is 0 Å². The summed E-state index contributed by atoms with van der Waals surface area (Å²) in [6.45, 7) is 2.91. The van der Waals surface area contributed by atoms with Crippen molar-refractivity contribution in [2.24, 2.45) is 0 Å². The SMILES string of the molecule is CCCCCCCCCCCCCCOc1ccc(C(=O)Oc2ccc(C(=O)Oc3cccc(-c4ccc(OC(=O)c5ccc(/C=C/c6ccncc6)cc5)cc4)c3)cc2)cc1. The van der Waals surface area contributed by atoms with E-state index in [0.717, 1.165) is 40.8 Å². The van der Waals surface area contributed by atoms with Crippen LogP contribution in [0.3, 0.4) is 0 Å². The molecule has 1 aromatic heterocycles. The molecular formula is C54H55NO7. The van der Waals surface area contributed by atoms with E-state index in [2.05, 4.69) is 11.9 Å². The third-order valence-electron chi connectivity index (χ3n) is 10.4. The summed E-state index contributed by atoms with van der Waals surface area (Å²) >= 11 is 0. The molecule has 0 aliphatic rings. The van der Waals surface area contributed by atoms with Gasteiger partial charge in [-0.3, -0.25) is 4.98 Å². The highest BCUT2D eigenvalue weighted by molar-refractivity contribution is 5.93. The average Bonchev–Trinajstić information content (AvgIpc) is 3.31. The summed E-state index contributed by atoms with van der Waals surface area (Å²) in [5, 5.41) is 0. The summed E-state index contributed by atoms with van der Waals surface area (Å²) in [6, 6.07) is 38.4. The smallest absolute Gasteiger partial charge is 0.343 e. The predicted molar refractivity (Wildman–Crippen MR) is 246 cm³/mol. The molecule has 0 spiro atoms. The van der Waals surface area contributed by atoms with E-state index in [4.69, 9.17) is 18.9 Å². The molecule has 5 aromatic carbocycles. The molecule has 6 rings (SSSR count). The highest BCUT2D eigenvalue weighted by atomic mass is 16.5. The summed E-state index contributed by atoms with van der Waals surface area (Å²) in [5.74, 6) is 0.265. The Morgan fingerprint density at radius 1 is 0.435 bits per heavy atom. The second kappa shape index (κ2) is 24.5. The third-order valence-corrected chi connectivity index (χ3v) is 10.4. The van der Waals surface area contributed by atoms with Gasteiger partial charge in [-0.05, 0) is 126 Å². The fraction of sp³-hybridized carbons (Fsp3) is 0.259. The fourth-order valence-corrected chi connectivity index (χ4v) is 6.83. The van der Waals surface area contributed by atoms with Crippen molar-refractivity contribution >= 4 is 30.1 Å². The number of aromatic nitrogens is 1. The van der Waals surface area contributed by atoms with Crippen LogP contribution < -0.4 is 18.9 Å².